The quantitative estimate of drug-likeness (QED) is 0.539. The van der Waals surface area contributed by atoms with Gasteiger partial charge in [-0.05, 0) is 42.4 Å². The largest absolute Gasteiger partial charge is 0.235 e. The maximum absolute atomic E-state index is 10.6. The molecule has 17 heavy (non-hydrogen) atoms. The maximum Gasteiger partial charge on any atom is 0.235 e. The Morgan fingerprint density at radius 1 is 1.12 bits per heavy atom. The Kier molecular flexibility index (Phi) is 2.32. The Morgan fingerprint density at radius 3 is 2.59 bits per heavy atom. The van der Waals surface area contributed by atoms with Crippen molar-refractivity contribution in [3.63, 3.8) is 0 Å². The summed E-state index contributed by atoms with van der Waals surface area (Å²) < 4.78 is 0. The lowest BCUT2D eigenvalue weighted by Gasteiger charge is -2.39. The smallest absolute Gasteiger partial charge is 0.211 e. The molecule has 0 aromatic carbocycles. The third-order valence-electron chi connectivity index (χ3n) is 5.47. The van der Waals surface area contributed by atoms with Crippen molar-refractivity contribution in [2.45, 2.75) is 44.7 Å². The molecule has 0 aliphatic heterocycles. The molecular weight excluding hydrogens is 216 g/mol. The van der Waals surface area contributed by atoms with Crippen molar-refractivity contribution in [3.05, 3.63) is 0 Å². The Labute approximate surface area is 100 Å². The van der Waals surface area contributed by atoms with Crippen LogP contribution in [0.5, 0.6) is 0 Å². The van der Waals surface area contributed by atoms with Gasteiger partial charge in [0.05, 0.1) is 12.1 Å². The van der Waals surface area contributed by atoms with Gasteiger partial charge in [0, 0.05) is 0 Å². The van der Waals surface area contributed by atoms with Crippen molar-refractivity contribution >= 4 is 12.2 Å². The fraction of sp³-hybridized carbons (Fsp3) is 0.846. The van der Waals surface area contributed by atoms with E-state index in [1.54, 1.807) is 12.2 Å². The van der Waals surface area contributed by atoms with Gasteiger partial charge in [0.2, 0.25) is 12.2 Å². The molecule has 0 spiro atoms. The minimum atomic E-state index is -0.147. The second-order valence-corrected chi connectivity index (χ2v) is 5.95. The van der Waals surface area contributed by atoms with Gasteiger partial charge in [-0.15, -0.1) is 0 Å². The number of nitrogens with zero attached hydrogens (tertiary/aromatic N) is 2. The summed E-state index contributed by atoms with van der Waals surface area (Å²) in [4.78, 5) is 29.0. The molecule has 3 aliphatic carbocycles. The lowest BCUT2D eigenvalue weighted by molar-refractivity contribution is 0.132. The molecule has 0 N–H and O–H groups in total. The third kappa shape index (κ3) is 1.25. The summed E-state index contributed by atoms with van der Waals surface area (Å²) in [6.45, 7) is 2.21. The predicted octanol–water partition coefficient (Wildman–Crippen LogP) is 1.85. The van der Waals surface area contributed by atoms with Gasteiger partial charge in [-0.3, -0.25) is 0 Å². The summed E-state index contributed by atoms with van der Waals surface area (Å²) in [6, 6.07) is -0.274. The standard InChI is InChI=1S/C13H16N2O2/c1-13-5-9(8-3-2-4-10(8)13)11(14-6-16)12(13)15-7-17/h8-12H,2-5H2,1H3. The van der Waals surface area contributed by atoms with Crippen molar-refractivity contribution in [3.8, 4) is 0 Å². The first-order chi connectivity index (χ1) is 8.22. The number of hydrogen-bond acceptors (Lipinski definition) is 4. The fourth-order valence-electron chi connectivity index (χ4n) is 4.98. The van der Waals surface area contributed by atoms with E-state index in [9.17, 15) is 9.59 Å². The SMILES string of the molecule is CC12CC(C3CCCC31)C(N=C=O)C2N=C=O. The second-order valence-electron chi connectivity index (χ2n) is 5.95. The molecule has 0 radical (unpaired) electrons. The van der Waals surface area contributed by atoms with E-state index in [1.165, 1.54) is 19.3 Å². The van der Waals surface area contributed by atoms with E-state index in [2.05, 4.69) is 16.9 Å². The number of aliphatic imine (C=N–C) groups is 2. The molecule has 4 nitrogen and oxygen atoms in total. The highest BCUT2D eigenvalue weighted by molar-refractivity contribution is 5.39. The van der Waals surface area contributed by atoms with E-state index in [0.717, 1.165) is 6.42 Å². The molecule has 3 saturated carbocycles. The third-order valence-corrected chi connectivity index (χ3v) is 5.47. The zero-order chi connectivity index (χ0) is 12.0. The normalized spacial score (nSPS) is 50.5. The minimum absolute atomic E-state index is 0.0499. The van der Waals surface area contributed by atoms with Crippen LogP contribution < -0.4 is 0 Å². The Balaban J connectivity index is 2.03. The van der Waals surface area contributed by atoms with E-state index in [1.807, 2.05) is 0 Å². The number of isocyanates is 2. The van der Waals surface area contributed by atoms with Gasteiger partial charge in [0.15, 0.2) is 0 Å². The molecule has 3 rings (SSSR count). The number of hydrogen-bond donors (Lipinski definition) is 0. The van der Waals surface area contributed by atoms with Crippen LogP contribution in [0.15, 0.2) is 9.98 Å². The molecule has 3 fully saturated rings. The van der Waals surface area contributed by atoms with E-state index >= 15 is 0 Å². The maximum atomic E-state index is 10.6. The minimum Gasteiger partial charge on any atom is -0.211 e. The molecule has 2 bridgehead atoms. The first-order valence-corrected chi connectivity index (χ1v) is 6.36. The molecule has 90 valence electrons. The van der Waals surface area contributed by atoms with Gasteiger partial charge in [-0.2, -0.15) is 9.98 Å². The molecule has 0 aromatic rings. The zero-order valence-electron chi connectivity index (χ0n) is 9.93. The van der Waals surface area contributed by atoms with Crippen molar-refractivity contribution in [2.24, 2.45) is 33.2 Å². The topological polar surface area (TPSA) is 58.9 Å². The van der Waals surface area contributed by atoms with E-state index in [4.69, 9.17) is 0 Å². The molecular formula is C13H16N2O2. The Hall–Kier alpha value is -1.24. The van der Waals surface area contributed by atoms with E-state index in [0.29, 0.717) is 17.8 Å². The van der Waals surface area contributed by atoms with Crippen molar-refractivity contribution < 1.29 is 9.59 Å². The Morgan fingerprint density at radius 2 is 1.88 bits per heavy atom. The van der Waals surface area contributed by atoms with Crippen LogP contribution in [0.3, 0.4) is 0 Å². The molecule has 0 heterocycles. The van der Waals surface area contributed by atoms with Crippen molar-refractivity contribution in [1.82, 2.24) is 0 Å². The first-order valence-electron chi connectivity index (χ1n) is 6.36. The highest BCUT2D eigenvalue weighted by atomic mass is 16.1. The van der Waals surface area contributed by atoms with Gasteiger partial charge in [0.25, 0.3) is 0 Å². The van der Waals surface area contributed by atoms with Crippen molar-refractivity contribution in [1.29, 1.82) is 0 Å². The average molecular weight is 232 g/mol. The molecule has 0 aromatic heterocycles. The van der Waals surface area contributed by atoms with Gasteiger partial charge >= 0.3 is 0 Å². The predicted molar refractivity (Wildman–Crippen MR) is 60.9 cm³/mol. The summed E-state index contributed by atoms with van der Waals surface area (Å²) in [5.41, 5.74) is 0.0499. The van der Waals surface area contributed by atoms with Crippen LogP contribution in [0.25, 0.3) is 0 Å². The summed E-state index contributed by atoms with van der Waals surface area (Å²) in [6.07, 6.45) is 8.13. The van der Waals surface area contributed by atoms with E-state index < -0.39 is 0 Å². The number of rotatable bonds is 2. The molecule has 6 unspecified atom stereocenters. The van der Waals surface area contributed by atoms with Gasteiger partial charge in [-0.1, -0.05) is 13.3 Å². The monoisotopic (exact) mass is 232 g/mol. The first kappa shape index (κ1) is 10.9. The molecule has 4 heteroatoms. The summed E-state index contributed by atoms with van der Waals surface area (Å²) in [5, 5.41) is 0. The molecule has 0 amide bonds. The van der Waals surface area contributed by atoms with Gasteiger partial charge in [0.1, 0.15) is 0 Å². The average Bonchev–Trinajstić information content (AvgIpc) is 2.93. The second kappa shape index (κ2) is 3.63. The van der Waals surface area contributed by atoms with Crippen LogP contribution in [0.1, 0.15) is 32.6 Å². The molecule has 0 saturated heterocycles. The Bertz CT molecular complexity index is 437. The van der Waals surface area contributed by atoms with Crippen LogP contribution in [0.2, 0.25) is 0 Å². The van der Waals surface area contributed by atoms with Gasteiger partial charge < -0.3 is 0 Å². The lowest BCUT2D eigenvalue weighted by Crippen LogP contribution is -2.43. The highest BCUT2D eigenvalue weighted by Crippen LogP contribution is 2.66. The molecule has 6 atom stereocenters. The zero-order valence-corrected chi connectivity index (χ0v) is 9.93. The number of fused-ring (bicyclic) bond motifs is 5. The van der Waals surface area contributed by atoms with Gasteiger partial charge in [-0.25, -0.2) is 9.59 Å². The summed E-state index contributed by atoms with van der Waals surface area (Å²) >= 11 is 0. The van der Waals surface area contributed by atoms with Crippen molar-refractivity contribution in [2.75, 3.05) is 0 Å². The van der Waals surface area contributed by atoms with Crippen LogP contribution in [-0.2, 0) is 9.59 Å². The summed E-state index contributed by atoms with van der Waals surface area (Å²) in [7, 11) is 0. The van der Waals surface area contributed by atoms with Crippen LogP contribution in [0, 0.1) is 23.2 Å². The van der Waals surface area contributed by atoms with E-state index in [-0.39, 0.29) is 17.5 Å². The fourth-order valence-corrected chi connectivity index (χ4v) is 4.98. The summed E-state index contributed by atoms with van der Waals surface area (Å²) in [5.74, 6) is 1.77. The van der Waals surface area contributed by atoms with Crippen LogP contribution in [0.4, 0.5) is 0 Å². The highest BCUT2D eigenvalue weighted by Gasteiger charge is 2.66. The van der Waals surface area contributed by atoms with Crippen LogP contribution >= 0.6 is 0 Å². The number of carbonyl (C=O) groups excluding carboxylic acids is 2. The van der Waals surface area contributed by atoms with Crippen LogP contribution in [-0.4, -0.2) is 24.2 Å². The lowest BCUT2D eigenvalue weighted by atomic mass is 9.68. The molecule has 3 aliphatic rings.